The average Bonchev–Trinajstić information content (AvgIpc) is 1.99. The van der Waals surface area contributed by atoms with E-state index >= 15 is 0 Å². The molecule has 1 aromatic rings. The van der Waals surface area contributed by atoms with E-state index in [4.69, 9.17) is 20.9 Å². The molecule has 84 valence electrons. The van der Waals surface area contributed by atoms with Crippen LogP contribution in [-0.2, 0) is 10.3 Å². The number of anilines is 1. The summed E-state index contributed by atoms with van der Waals surface area (Å²) in [5, 5.41) is -0.0452. The van der Waals surface area contributed by atoms with E-state index in [1.807, 2.05) is 0 Å². The molecule has 0 aromatic carbocycles. The second kappa shape index (κ2) is 4.17. The number of hydrogen-bond acceptors (Lipinski definition) is 5. The maximum Gasteiger partial charge on any atom is 0.358 e. The van der Waals surface area contributed by atoms with Crippen molar-refractivity contribution in [2.75, 3.05) is 11.8 Å². The Bertz CT molecular complexity index is 476. The van der Waals surface area contributed by atoms with Crippen molar-refractivity contribution in [1.82, 2.24) is 9.97 Å². The maximum atomic E-state index is 10.6. The summed E-state index contributed by atoms with van der Waals surface area (Å²) < 4.78 is 36.3. The van der Waals surface area contributed by atoms with Crippen LogP contribution < -0.4 is 9.46 Å². The number of aromatic nitrogens is 2. The third-order valence-corrected chi connectivity index (χ3v) is 2.07. The first kappa shape index (κ1) is 12.0. The van der Waals surface area contributed by atoms with Gasteiger partial charge in [0.2, 0.25) is 0 Å². The van der Waals surface area contributed by atoms with Gasteiger partial charge in [0.05, 0.1) is 7.11 Å². The summed E-state index contributed by atoms with van der Waals surface area (Å²) in [4.78, 5) is 7.47. The fraction of sp³-hybridized carbons (Fsp3) is 0.333. The first-order valence-corrected chi connectivity index (χ1v) is 5.48. The molecule has 1 rings (SSSR count). The summed E-state index contributed by atoms with van der Waals surface area (Å²) in [6.45, 7) is 1.51. The smallest absolute Gasteiger partial charge is 0.358 e. The molecule has 0 amide bonds. The number of rotatable bonds is 3. The van der Waals surface area contributed by atoms with Crippen molar-refractivity contribution in [3.8, 4) is 5.75 Å². The predicted molar refractivity (Wildman–Crippen MR) is 53.5 cm³/mol. The Hall–Kier alpha value is -1.12. The van der Waals surface area contributed by atoms with Gasteiger partial charge in [0.15, 0.2) is 16.7 Å². The van der Waals surface area contributed by atoms with Gasteiger partial charge in [-0.2, -0.15) is 8.42 Å². The first-order chi connectivity index (χ1) is 6.83. The van der Waals surface area contributed by atoms with Gasteiger partial charge in [0.25, 0.3) is 0 Å². The molecule has 0 aliphatic carbocycles. The van der Waals surface area contributed by atoms with Gasteiger partial charge in [0, 0.05) is 0 Å². The van der Waals surface area contributed by atoms with Gasteiger partial charge in [-0.3, -0.25) is 4.55 Å². The molecule has 0 atom stereocenters. The van der Waals surface area contributed by atoms with Crippen molar-refractivity contribution in [3.63, 3.8) is 0 Å². The topological polar surface area (TPSA) is 101 Å². The predicted octanol–water partition coefficient (Wildman–Crippen LogP) is 0.662. The van der Waals surface area contributed by atoms with Crippen LogP contribution in [0.2, 0.25) is 5.15 Å². The lowest BCUT2D eigenvalue weighted by Crippen LogP contribution is -2.13. The Morgan fingerprint density at radius 2 is 2.07 bits per heavy atom. The molecule has 0 aliphatic heterocycles. The minimum atomic E-state index is -4.42. The van der Waals surface area contributed by atoms with E-state index in [-0.39, 0.29) is 22.5 Å². The summed E-state index contributed by atoms with van der Waals surface area (Å²) in [5.41, 5.74) is 0. The Morgan fingerprint density at radius 3 is 2.53 bits per heavy atom. The number of nitrogens with zero attached hydrogens (tertiary/aromatic N) is 2. The van der Waals surface area contributed by atoms with E-state index in [0.717, 1.165) is 0 Å². The highest BCUT2D eigenvalue weighted by Gasteiger charge is 2.16. The molecule has 7 nitrogen and oxygen atoms in total. The molecule has 0 unspecified atom stereocenters. The number of hydrogen-bond donors (Lipinski definition) is 2. The highest BCUT2D eigenvalue weighted by Crippen LogP contribution is 2.29. The van der Waals surface area contributed by atoms with E-state index in [2.05, 4.69) is 9.97 Å². The van der Waals surface area contributed by atoms with E-state index < -0.39 is 10.3 Å². The normalized spacial score (nSPS) is 11.2. The van der Waals surface area contributed by atoms with Crippen LogP contribution in [0.3, 0.4) is 0 Å². The molecule has 15 heavy (non-hydrogen) atoms. The first-order valence-electron chi connectivity index (χ1n) is 3.67. The summed E-state index contributed by atoms with van der Waals surface area (Å²) in [6, 6.07) is 0. The van der Waals surface area contributed by atoms with Crippen LogP contribution in [0, 0.1) is 6.92 Å². The monoisotopic (exact) mass is 253 g/mol. The van der Waals surface area contributed by atoms with Crippen LogP contribution >= 0.6 is 11.6 Å². The molecule has 0 spiro atoms. The lowest BCUT2D eigenvalue weighted by atomic mass is 10.5. The highest BCUT2D eigenvalue weighted by atomic mass is 35.5. The standard InChI is InChI=1S/C6H8ClN3O4S/c1-3-8-5(7)4(14-2)6(9-3)10-15(11,12)13/h1-2H3,(H,8,9,10)(H,11,12,13). The van der Waals surface area contributed by atoms with Crippen LogP contribution in [0.5, 0.6) is 5.75 Å². The molecule has 9 heteroatoms. The van der Waals surface area contributed by atoms with Gasteiger partial charge in [-0.05, 0) is 6.92 Å². The number of halogens is 1. The Balaban J connectivity index is 3.27. The SMILES string of the molecule is COc1c(Cl)nc(C)nc1NS(=O)(=O)O. The van der Waals surface area contributed by atoms with Gasteiger partial charge < -0.3 is 4.74 Å². The summed E-state index contributed by atoms with van der Waals surface area (Å²) in [5.74, 6) is -0.0238. The van der Waals surface area contributed by atoms with Gasteiger partial charge in [-0.15, -0.1) is 0 Å². The van der Waals surface area contributed by atoms with Crippen molar-refractivity contribution >= 4 is 27.7 Å². The van der Waals surface area contributed by atoms with Crippen molar-refractivity contribution in [1.29, 1.82) is 0 Å². The Labute approximate surface area is 91.3 Å². The minimum Gasteiger partial charge on any atom is -0.490 e. The average molecular weight is 254 g/mol. The van der Waals surface area contributed by atoms with Gasteiger partial charge in [-0.25, -0.2) is 14.7 Å². The fourth-order valence-electron chi connectivity index (χ4n) is 0.900. The van der Waals surface area contributed by atoms with Crippen LogP contribution in [0.1, 0.15) is 5.82 Å². The van der Waals surface area contributed by atoms with Gasteiger partial charge in [0.1, 0.15) is 5.82 Å². The number of aryl methyl sites for hydroxylation is 1. The van der Waals surface area contributed by atoms with Gasteiger partial charge >= 0.3 is 10.3 Å². The Morgan fingerprint density at radius 1 is 1.47 bits per heavy atom. The zero-order valence-electron chi connectivity index (χ0n) is 7.85. The van der Waals surface area contributed by atoms with Crippen LogP contribution in [0.25, 0.3) is 0 Å². The molecule has 0 aliphatic rings. The number of nitrogens with one attached hydrogen (secondary N) is 1. The third kappa shape index (κ3) is 3.18. The molecule has 0 saturated carbocycles. The summed E-state index contributed by atoms with van der Waals surface area (Å²) in [6.07, 6.45) is 0. The van der Waals surface area contributed by atoms with Crippen molar-refractivity contribution in [3.05, 3.63) is 11.0 Å². The zero-order valence-corrected chi connectivity index (χ0v) is 9.43. The lowest BCUT2D eigenvalue weighted by molar-refractivity contribution is 0.412. The Kier molecular flexibility index (Phi) is 3.32. The molecule has 1 aromatic heterocycles. The lowest BCUT2D eigenvalue weighted by Gasteiger charge is -2.09. The van der Waals surface area contributed by atoms with Crippen LogP contribution in [0.4, 0.5) is 5.82 Å². The van der Waals surface area contributed by atoms with Crippen molar-refractivity contribution < 1.29 is 17.7 Å². The molecule has 0 saturated heterocycles. The fourth-order valence-corrected chi connectivity index (χ4v) is 1.57. The molecule has 0 bridgehead atoms. The van der Waals surface area contributed by atoms with Crippen molar-refractivity contribution in [2.24, 2.45) is 0 Å². The van der Waals surface area contributed by atoms with E-state index in [0.29, 0.717) is 0 Å². The van der Waals surface area contributed by atoms with E-state index in [9.17, 15) is 8.42 Å². The number of methoxy groups -OCH3 is 1. The summed E-state index contributed by atoms with van der Waals surface area (Å²) in [7, 11) is -3.15. The quantitative estimate of drug-likeness (QED) is 0.606. The molecule has 0 fully saturated rings. The van der Waals surface area contributed by atoms with Crippen LogP contribution in [-0.4, -0.2) is 30.0 Å². The number of ether oxygens (including phenoxy) is 1. The molecular formula is C6H8ClN3O4S. The molecule has 0 radical (unpaired) electrons. The van der Waals surface area contributed by atoms with E-state index in [1.54, 1.807) is 4.72 Å². The van der Waals surface area contributed by atoms with Crippen molar-refractivity contribution in [2.45, 2.75) is 6.92 Å². The molecular weight excluding hydrogens is 246 g/mol. The van der Waals surface area contributed by atoms with Gasteiger partial charge in [-0.1, -0.05) is 11.6 Å². The third-order valence-electron chi connectivity index (χ3n) is 1.37. The summed E-state index contributed by atoms with van der Waals surface area (Å²) >= 11 is 5.67. The molecule has 2 N–H and O–H groups in total. The van der Waals surface area contributed by atoms with E-state index in [1.165, 1.54) is 14.0 Å². The largest absolute Gasteiger partial charge is 0.490 e. The van der Waals surface area contributed by atoms with Crippen LogP contribution in [0.15, 0.2) is 0 Å². The minimum absolute atomic E-state index is 0.0452. The maximum absolute atomic E-state index is 10.6. The second-order valence-electron chi connectivity index (χ2n) is 2.52. The highest BCUT2D eigenvalue weighted by molar-refractivity contribution is 7.87. The second-order valence-corrected chi connectivity index (χ2v) is 4.03. The zero-order chi connectivity index (χ0) is 11.6. The molecule has 1 heterocycles.